The Morgan fingerprint density at radius 1 is 1.06 bits per heavy atom. The number of hydrogen-bond donors (Lipinski definition) is 3. The molecule has 0 bridgehead atoms. The van der Waals surface area contributed by atoms with Crippen molar-refractivity contribution in [2.75, 3.05) is 38.2 Å². The van der Waals surface area contributed by atoms with E-state index in [1.807, 2.05) is 31.2 Å². The minimum absolute atomic E-state index is 0.0143. The lowest BCUT2D eigenvalue weighted by Gasteiger charge is -2.15. The highest BCUT2D eigenvalue weighted by Crippen LogP contribution is 2.32. The van der Waals surface area contributed by atoms with E-state index in [2.05, 4.69) is 20.9 Å². The van der Waals surface area contributed by atoms with Gasteiger partial charge in [0.05, 0.1) is 13.2 Å². The number of halogens is 1. The van der Waals surface area contributed by atoms with E-state index >= 15 is 0 Å². The van der Waals surface area contributed by atoms with E-state index in [-0.39, 0.29) is 18.3 Å². The van der Waals surface area contributed by atoms with Crippen LogP contribution in [0, 0.1) is 5.82 Å². The van der Waals surface area contributed by atoms with E-state index in [1.165, 1.54) is 6.07 Å². The summed E-state index contributed by atoms with van der Waals surface area (Å²) in [5, 5.41) is 9.16. The van der Waals surface area contributed by atoms with Crippen LogP contribution in [0.2, 0.25) is 0 Å². The molecule has 2 aromatic rings. The van der Waals surface area contributed by atoms with Crippen LogP contribution in [0.3, 0.4) is 0 Å². The summed E-state index contributed by atoms with van der Waals surface area (Å²) in [6.45, 7) is 4.26. The number of ether oxygens (including phenoxy) is 2. The lowest BCUT2D eigenvalue weighted by molar-refractivity contribution is -0.119. The Labute approximate surface area is 182 Å². The molecular formula is C23H29FN4O3. The van der Waals surface area contributed by atoms with Crippen LogP contribution in [-0.4, -0.2) is 44.7 Å². The molecule has 1 aliphatic rings. The van der Waals surface area contributed by atoms with Gasteiger partial charge in [0.1, 0.15) is 12.4 Å². The van der Waals surface area contributed by atoms with Gasteiger partial charge in [0.15, 0.2) is 17.5 Å². The molecule has 7 nitrogen and oxygen atoms in total. The quantitative estimate of drug-likeness (QED) is 0.445. The van der Waals surface area contributed by atoms with E-state index in [1.54, 1.807) is 12.1 Å². The number of carbonyl (C=O) groups excluding carboxylic acids is 1. The number of hydrogen-bond acceptors (Lipinski definition) is 4. The number of guanidine groups is 1. The van der Waals surface area contributed by atoms with Crippen LogP contribution in [0.1, 0.15) is 25.3 Å². The molecule has 31 heavy (non-hydrogen) atoms. The maximum absolute atomic E-state index is 13.9. The standard InChI is InChI=1S/C23H29FN4O3/c1-2-11-25-22(29)16-27-23(26-12-10-17-6-3-4-7-19(17)24)28-18-8-9-20-21(15-18)31-14-5-13-30-20/h3-4,6-9,15H,2,5,10-14,16H2,1H3,(H,25,29)(H2,26,27,28). The summed E-state index contributed by atoms with van der Waals surface area (Å²) >= 11 is 0. The molecule has 1 amide bonds. The van der Waals surface area contributed by atoms with E-state index in [4.69, 9.17) is 9.47 Å². The highest BCUT2D eigenvalue weighted by atomic mass is 19.1. The van der Waals surface area contributed by atoms with Crippen LogP contribution in [-0.2, 0) is 11.2 Å². The first-order valence-electron chi connectivity index (χ1n) is 10.6. The summed E-state index contributed by atoms with van der Waals surface area (Å²) in [6, 6.07) is 12.2. The van der Waals surface area contributed by atoms with E-state index in [0.717, 1.165) is 18.5 Å². The second kappa shape index (κ2) is 11.8. The molecule has 0 saturated heterocycles. The minimum atomic E-state index is -0.238. The monoisotopic (exact) mass is 428 g/mol. The van der Waals surface area contributed by atoms with Gasteiger partial charge in [-0.15, -0.1) is 0 Å². The van der Waals surface area contributed by atoms with Crippen LogP contribution >= 0.6 is 0 Å². The first-order chi connectivity index (χ1) is 15.2. The van der Waals surface area contributed by atoms with Crippen molar-refractivity contribution in [1.29, 1.82) is 0 Å². The molecule has 3 N–H and O–H groups in total. The number of carbonyl (C=O) groups is 1. The number of nitrogens with one attached hydrogen (secondary N) is 3. The topological polar surface area (TPSA) is 84.0 Å². The maximum Gasteiger partial charge on any atom is 0.241 e. The van der Waals surface area contributed by atoms with Gasteiger partial charge in [-0.25, -0.2) is 9.38 Å². The zero-order valence-corrected chi connectivity index (χ0v) is 17.7. The molecule has 0 aromatic heterocycles. The van der Waals surface area contributed by atoms with E-state index < -0.39 is 0 Å². The zero-order valence-electron chi connectivity index (χ0n) is 17.7. The highest BCUT2D eigenvalue weighted by molar-refractivity contribution is 5.95. The Bertz CT molecular complexity index is 904. The fraction of sp³-hybridized carbons (Fsp3) is 0.391. The second-order valence-electron chi connectivity index (χ2n) is 7.12. The number of fused-ring (bicyclic) bond motifs is 1. The molecule has 0 aliphatic carbocycles. The number of benzene rings is 2. The van der Waals surface area contributed by atoms with Crippen molar-refractivity contribution in [3.05, 3.63) is 53.8 Å². The Morgan fingerprint density at radius 3 is 2.68 bits per heavy atom. The summed E-state index contributed by atoms with van der Waals surface area (Å²) in [5.74, 6) is 1.40. The molecular weight excluding hydrogens is 399 g/mol. The van der Waals surface area contributed by atoms with Crippen molar-refractivity contribution in [1.82, 2.24) is 10.6 Å². The van der Waals surface area contributed by atoms with Gasteiger partial charge < -0.3 is 25.4 Å². The second-order valence-corrected chi connectivity index (χ2v) is 7.12. The van der Waals surface area contributed by atoms with E-state index in [9.17, 15) is 9.18 Å². The van der Waals surface area contributed by atoms with Crippen molar-refractivity contribution in [2.24, 2.45) is 4.99 Å². The smallest absolute Gasteiger partial charge is 0.241 e. The van der Waals surface area contributed by atoms with Crippen molar-refractivity contribution in [2.45, 2.75) is 26.2 Å². The lowest BCUT2D eigenvalue weighted by atomic mass is 10.1. The third-order valence-corrected chi connectivity index (χ3v) is 4.61. The van der Waals surface area contributed by atoms with Crippen molar-refractivity contribution < 1.29 is 18.7 Å². The van der Waals surface area contributed by atoms with Crippen LogP contribution < -0.4 is 25.4 Å². The van der Waals surface area contributed by atoms with E-state index in [0.29, 0.717) is 55.7 Å². The van der Waals surface area contributed by atoms with Gasteiger partial charge in [-0.2, -0.15) is 0 Å². The minimum Gasteiger partial charge on any atom is -0.490 e. The molecule has 166 valence electrons. The van der Waals surface area contributed by atoms with Crippen LogP contribution in [0.4, 0.5) is 10.1 Å². The van der Waals surface area contributed by atoms with Crippen molar-refractivity contribution in [3.63, 3.8) is 0 Å². The average molecular weight is 429 g/mol. The Hall–Kier alpha value is -3.29. The van der Waals surface area contributed by atoms with Crippen LogP contribution in [0.25, 0.3) is 0 Å². The SMILES string of the molecule is CCCNC(=O)CN=C(NCCc1ccccc1F)Nc1ccc2c(c1)OCCCO2. The van der Waals surface area contributed by atoms with Crippen LogP contribution in [0.15, 0.2) is 47.5 Å². The van der Waals surface area contributed by atoms with Gasteiger partial charge in [0.2, 0.25) is 5.91 Å². The molecule has 0 fully saturated rings. The van der Waals surface area contributed by atoms with Crippen molar-refractivity contribution >= 4 is 17.6 Å². The summed E-state index contributed by atoms with van der Waals surface area (Å²) in [6.07, 6.45) is 2.17. The highest BCUT2D eigenvalue weighted by Gasteiger charge is 2.12. The molecule has 0 radical (unpaired) electrons. The summed E-state index contributed by atoms with van der Waals surface area (Å²) < 4.78 is 25.3. The lowest BCUT2D eigenvalue weighted by Crippen LogP contribution is -2.34. The molecule has 0 spiro atoms. The molecule has 1 heterocycles. The first-order valence-corrected chi connectivity index (χ1v) is 10.6. The Kier molecular flexibility index (Phi) is 8.51. The Morgan fingerprint density at radius 2 is 1.87 bits per heavy atom. The largest absolute Gasteiger partial charge is 0.490 e. The number of anilines is 1. The summed E-state index contributed by atoms with van der Waals surface area (Å²) in [7, 11) is 0. The van der Waals surface area contributed by atoms with Gasteiger partial charge in [-0.05, 0) is 36.6 Å². The normalized spacial score (nSPS) is 13.3. The molecule has 2 aromatic carbocycles. The zero-order chi connectivity index (χ0) is 21.9. The van der Waals surface area contributed by atoms with Gasteiger partial charge >= 0.3 is 0 Å². The molecule has 0 atom stereocenters. The summed E-state index contributed by atoms with van der Waals surface area (Å²) in [5.41, 5.74) is 1.36. The van der Waals surface area contributed by atoms with Gasteiger partial charge in [0, 0.05) is 31.3 Å². The number of aliphatic imine (C=N–C) groups is 1. The number of nitrogens with zero attached hydrogens (tertiary/aromatic N) is 1. The third-order valence-electron chi connectivity index (χ3n) is 4.61. The fourth-order valence-electron chi connectivity index (χ4n) is 3.01. The van der Waals surface area contributed by atoms with Gasteiger partial charge in [-0.1, -0.05) is 25.1 Å². The third kappa shape index (κ3) is 7.16. The summed E-state index contributed by atoms with van der Waals surface area (Å²) in [4.78, 5) is 16.3. The maximum atomic E-state index is 13.9. The number of amides is 1. The predicted molar refractivity (Wildman–Crippen MR) is 119 cm³/mol. The van der Waals surface area contributed by atoms with Crippen molar-refractivity contribution in [3.8, 4) is 11.5 Å². The molecule has 8 heteroatoms. The fourth-order valence-corrected chi connectivity index (χ4v) is 3.01. The molecule has 0 unspecified atom stereocenters. The van der Waals surface area contributed by atoms with Gasteiger partial charge in [-0.3, -0.25) is 4.79 Å². The number of rotatable bonds is 8. The molecule has 0 saturated carbocycles. The first kappa shape index (κ1) is 22.4. The predicted octanol–water partition coefficient (Wildman–Crippen LogP) is 3.11. The van der Waals surface area contributed by atoms with Crippen LogP contribution in [0.5, 0.6) is 11.5 Å². The Balaban J connectivity index is 1.66. The average Bonchev–Trinajstić information content (AvgIpc) is 3.02. The molecule has 3 rings (SSSR count). The van der Waals surface area contributed by atoms with Gasteiger partial charge in [0.25, 0.3) is 0 Å². The molecule has 1 aliphatic heterocycles.